The molecule has 0 heterocycles. The van der Waals surface area contributed by atoms with Gasteiger partial charge < -0.3 is 0 Å². The third-order valence-electron chi connectivity index (χ3n) is 1.02. The van der Waals surface area contributed by atoms with Crippen molar-refractivity contribution >= 4 is 22.0 Å². The fourth-order valence-corrected chi connectivity index (χ4v) is 2.15. The molecule has 0 rings (SSSR count). The fraction of sp³-hybridized carbons (Fsp3) is 1.00. The number of hydrogen-bond donors (Lipinski definition) is 0. The first-order valence-electron chi connectivity index (χ1n) is 3.90. The molecule has 3 heteroatoms. The minimum atomic E-state index is -0.863. The topological polar surface area (TPSA) is 18.5 Å². The first-order valence-corrected chi connectivity index (χ1v) is 6.23. The van der Waals surface area contributed by atoms with Crippen LogP contribution < -0.4 is 0 Å². The van der Waals surface area contributed by atoms with Gasteiger partial charge in [-0.2, -0.15) is 0 Å². The maximum absolute atomic E-state index is 5.32. The molecule has 0 aliphatic rings. The fourth-order valence-electron chi connectivity index (χ4n) is 0.444. The zero-order valence-corrected chi connectivity index (χ0v) is 9.71. The summed E-state index contributed by atoms with van der Waals surface area (Å²) in [6, 6.07) is 0. The van der Waals surface area contributed by atoms with Gasteiger partial charge in [0.2, 0.25) is 0 Å². The zero-order chi connectivity index (χ0) is 7.66. The van der Waals surface area contributed by atoms with Crippen molar-refractivity contribution in [2.45, 2.75) is 33.1 Å². The van der Waals surface area contributed by atoms with Crippen LogP contribution in [0.15, 0.2) is 0 Å². The van der Waals surface area contributed by atoms with Crippen molar-refractivity contribution in [2.75, 3.05) is 13.2 Å². The van der Waals surface area contributed by atoms with E-state index in [9.17, 15) is 0 Å². The van der Waals surface area contributed by atoms with E-state index in [0.29, 0.717) is 0 Å². The Balaban J connectivity index is 2.65. The van der Waals surface area contributed by atoms with Gasteiger partial charge in [-0.15, -0.1) is 0 Å². The summed E-state index contributed by atoms with van der Waals surface area (Å²) in [5.74, 6) is 0. The molecule has 0 aromatic carbocycles. The summed E-state index contributed by atoms with van der Waals surface area (Å²) in [6.07, 6.45) is 3.50. The van der Waals surface area contributed by atoms with Crippen molar-refractivity contribution in [1.82, 2.24) is 0 Å². The normalized spacial score (nSPS) is 10.2. The van der Waals surface area contributed by atoms with Gasteiger partial charge in [0.15, 0.2) is 0 Å². The van der Waals surface area contributed by atoms with Gasteiger partial charge in [0.1, 0.15) is 0 Å². The van der Waals surface area contributed by atoms with Gasteiger partial charge >= 0.3 is 74.4 Å². The minimum absolute atomic E-state index is 0.863. The quantitative estimate of drug-likeness (QED) is 0.507. The summed E-state index contributed by atoms with van der Waals surface area (Å²) in [4.78, 5) is 0. The predicted octanol–water partition coefficient (Wildman–Crippen LogP) is 1.76. The molecule has 0 spiro atoms. The van der Waals surface area contributed by atoms with Crippen LogP contribution in [0.5, 0.6) is 0 Å². The molecule has 0 N–H and O–H groups in total. The van der Waals surface area contributed by atoms with Crippen LogP contribution in [0.2, 0.25) is 0 Å². The third-order valence-corrected chi connectivity index (χ3v) is 2.86. The standard InChI is InChI=1S/C4H9O.C3H7O.Sn/c1-2-3-4-5;1-2-3-4;/h2-4H2,1H3;2-3H2,1H3;/q2*-1;+2. The Kier molecular flexibility index (Phi) is 10.4. The van der Waals surface area contributed by atoms with Crippen molar-refractivity contribution in [3.05, 3.63) is 0 Å². The molecular formula is C7H16O2Sn. The second-order valence-electron chi connectivity index (χ2n) is 2.13. The molecule has 2 radical (unpaired) electrons. The average molecular weight is 251 g/mol. The van der Waals surface area contributed by atoms with Crippen LogP contribution >= 0.6 is 0 Å². The summed E-state index contributed by atoms with van der Waals surface area (Å²) >= 11 is -0.863. The van der Waals surface area contributed by atoms with Gasteiger partial charge in [-0.1, -0.05) is 0 Å². The Morgan fingerprint density at radius 2 is 1.70 bits per heavy atom. The van der Waals surface area contributed by atoms with Crippen molar-refractivity contribution in [3.8, 4) is 0 Å². The van der Waals surface area contributed by atoms with Crippen molar-refractivity contribution in [3.63, 3.8) is 0 Å². The molecule has 0 aromatic heterocycles. The molecule has 0 atom stereocenters. The molecule has 0 fully saturated rings. The van der Waals surface area contributed by atoms with Crippen molar-refractivity contribution in [1.29, 1.82) is 0 Å². The average Bonchev–Trinajstić information content (AvgIpc) is 1.97. The molecule has 60 valence electrons. The first kappa shape index (κ1) is 10.7. The molecule has 0 aromatic rings. The number of rotatable bonds is 7. The van der Waals surface area contributed by atoms with E-state index < -0.39 is 22.0 Å². The summed E-state index contributed by atoms with van der Waals surface area (Å²) in [5, 5.41) is 0. The van der Waals surface area contributed by atoms with Crippen LogP contribution in [0.4, 0.5) is 0 Å². The Bertz CT molecular complexity index is 51.6. The summed E-state index contributed by atoms with van der Waals surface area (Å²) in [7, 11) is 0. The van der Waals surface area contributed by atoms with Gasteiger partial charge in [-0.25, -0.2) is 0 Å². The Labute approximate surface area is 74.6 Å². The monoisotopic (exact) mass is 252 g/mol. The van der Waals surface area contributed by atoms with Crippen LogP contribution in [0, 0.1) is 0 Å². The van der Waals surface area contributed by atoms with Crippen LogP contribution in [0.1, 0.15) is 33.1 Å². The van der Waals surface area contributed by atoms with E-state index in [1.807, 2.05) is 0 Å². The van der Waals surface area contributed by atoms with Gasteiger partial charge in [-0.05, 0) is 0 Å². The van der Waals surface area contributed by atoms with Gasteiger partial charge in [0.05, 0.1) is 0 Å². The molecule has 2 nitrogen and oxygen atoms in total. The molecule has 0 saturated heterocycles. The molecule has 0 aliphatic heterocycles. The predicted molar refractivity (Wildman–Crippen MR) is 42.9 cm³/mol. The first-order chi connectivity index (χ1) is 4.91. The van der Waals surface area contributed by atoms with Crippen LogP contribution in [-0.4, -0.2) is 35.2 Å². The van der Waals surface area contributed by atoms with Gasteiger partial charge in [0, 0.05) is 0 Å². The molecular weight excluding hydrogens is 235 g/mol. The Hall–Kier alpha value is 0.719. The van der Waals surface area contributed by atoms with E-state index in [-0.39, 0.29) is 0 Å². The maximum atomic E-state index is 5.32. The van der Waals surface area contributed by atoms with Gasteiger partial charge in [0.25, 0.3) is 0 Å². The molecule has 0 saturated carbocycles. The van der Waals surface area contributed by atoms with Crippen LogP contribution in [0.3, 0.4) is 0 Å². The van der Waals surface area contributed by atoms with Crippen molar-refractivity contribution in [2.24, 2.45) is 0 Å². The molecule has 10 heavy (non-hydrogen) atoms. The molecule has 0 aliphatic carbocycles. The number of hydrogen-bond acceptors (Lipinski definition) is 2. The van der Waals surface area contributed by atoms with E-state index in [2.05, 4.69) is 13.8 Å². The van der Waals surface area contributed by atoms with Crippen molar-refractivity contribution < 1.29 is 6.15 Å². The second kappa shape index (κ2) is 9.72. The van der Waals surface area contributed by atoms with E-state index in [4.69, 9.17) is 6.15 Å². The Morgan fingerprint density at radius 3 is 2.30 bits per heavy atom. The summed E-state index contributed by atoms with van der Waals surface area (Å²) < 4.78 is 10.6. The van der Waals surface area contributed by atoms with E-state index in [1.54, 1.807) is 0 Å². The summed E-state index contributed by atoms with van der Waals surface area (Å²) in [5.41, 5.74) is 0. The molecule has 0 bridgehead atoms. The zero-order valence-electron chi connectivity index (χ0n) is 6.85. The SMILES string of the molecule is CCCC[O][Sn][O]CCC. The number of unbranched alkanes of at least 4 members (excludes halogenated alkanes) is 1. The van der Waals surface area contributed by atoms with E-state index in [0.717, 1.165) is 19.6 Å². The van der Waals surface area contributed by atoms with E-state index >= 15 is 0 Å². The third kappa shape index (κ3) is 8.72. The molecule has 0 amide bonds. The second-order valence-corrected chi connectivity index (χ2v) is 4.26. The molecule has 0 unspecified atom stereocenters. The van der Waals surface area contributed by atoms with Gasteiger partial charge in [-0.3, -0.25) is 0 Å². The van der Waals surface area contributed by atoms with Crippen LogP contribution in [-0.2, 0) is 6.15 Å². The summed E-state index contributed by atoms with van der Waals surface area (Å²) in [6.45, 7) is 6.08. The Morgan fingerprint density at radius 1 is 1.00 bits per heavy atom. The van der Waals surface area contributed by atoms with E-state index in [1.165, 1.54) is 12.8 Å². The van der Waals surface area contributed by atoms with Crippen LogP contribution in [0.25, 0.3) is 0 Å².